The molecular formula is C11H24N2O2. The lowest BCUT2D eigenvalue weighted by Gasteiger charge is -2.40. The summed E-state index contributed by atoms with van der Waals surface area (Å²) in [6.45, 7) is 5.93. The van der Waals surface area contributed by atoms with E-state index in [1.807, 2.05) is 0 Å². The van der Waals surface area contributed by atoms with Gasteiger partial charge in [-0.05, 0) is 19.3 Å². The van der Waals surface area contributed by atoms with Gasteiger partial charge in [0.1, 0.15) is 0 Å². The van der Waals surface area contributed by atoms with E-state index in [9.17, 15) is 0 Å². The first kappa shape index (κ1) is 12.9. The molecule has 15 heavy (non-hydrogen) atoms. The second-order valence-electron chi connectivity index (χ2n) is 4.24. The van der Waals surface area contributed by atoms with Gasteiger partial charge in [0, 0.05) is 19.6 Å². The number of nitrogens with one attached hydrogen (secondary N) is 1. The van der Waals surface area contributed by atoms with Crippen molar-refractivity contribution in [2.75, 3.05) is 20.3 Å². The van der Waals surface area contributed by atoms with Crippen molar-refractivity contribution in [3.8, 4) is 0 Å². The molecule has 1 aliphatic heterocycles. The van der Waals surface area contributed by atoms with Crippen LogP contribution in [0.1, 0.15) is 33.1 Å². The van der Waals surface area contributed by atoms with Crippen LogP contribution in [0.4, 0.5) is 0 Å². The maximum absolute atomic E-state index is 5.70. The molecule has 0 aromatic carbocycles. The molecule has 4 heteroatoms. The van der Waals surface area contributed by atoms with Gasteiger partial charge in [-0.1, -0.05) is 13.8 Å². The van der Waals surface area contributed by atoms with Gasteiger partial charge in [-0.15, -0.1) is 0 Å². The van der Waals surface area contributed by atoms with Crippen LogP contribution in [-0.4, -0.2) is 32.0 Å². The topological polar surface area (TPSA) is 56.5 Å². The second-order valence-corrected chi connectivity index (χ2v) is 4.24. The monoisotopic (exact) mass is 216 g/mol. The van der Waals surface area contributed by atoms with Crippen LogP contribution in [0.2, 0.25) is 0 Å². The molecule has 0 radical (unpaired) electrons. The largest absolute Gasteiger partial charge is 0.381 e. The molecule has 0 saturated carbocycles. The maximum atomic E-state index is 5.70. The zero-order valence-electron chi connectivity index (χ0n) is 10.1. The fraction of sp³-hybridized carbons (Fsp3) is 1.00. The third kappa shape index (κ3) is 2.50. The highest BCUT2D eigenvalue weighted by molar-refractivity contribution is 4.95. The molecule has 0 aromatic rings. The van der Waals surface area contributed by atoms with Crippen LogP contribution < -0.4 is 11.3 Å². The first-order valence-electron chi connectivity index (χ1n) is 5.83. The van der Waals surface area contributed by atoms with Gasteiger partial charge in [0.2, 0.25) is 0 Å². The zero-order chi connectivity index (χ0) is 11.3. The maximum Gasteiger partial charge on any atom is 0.0842 e. The highest BCUT2D eigenvalue weighted by Gasteiger charge is 2.41. The lowest BCUT2D eigenvalue weighted by Crippen LogP contribution is -2.57. The molecule has 0 spiro atoms. The van der Waals surface area contributed by atoms with Gasteiger partial charge in [-0.3, -0.25) is 11.3 Å². The van der Waals surface area contributed by atoms with E-state index in [4.69, 9.17) is 15.3 Å². The average Bonchev–Trinajstić information content (AvgIpc) is 2.79. The van der Waals surface area contributed by atoms with Crippen LogP contribution in [-0.2, 0) is 9.47 Å². The number of rotatable bonds is 6. The summed E-state index contributed by atoms with van der Waals surface area (Å²) in [6, 6.07) is 0.181. The summed E-state index contributed by atoms with van der Waals surface area (Å²) in [5.74, 6) is 6.15. The molecule has 2 atom stereocenters. The molecule has 1 heterocycles. The number of hydrogen-bond acceptors (Lipinski definition) is 4. The number of hydrazine groups is 1. The standard InChI is InChI=1S/C11H24N2O2/c1-4-11(5-2,14-3)10(13-12)9-6-7-15-8-9/h9-10,13H,4-8,12H2,1-3H3. The van der Waals surface area contributed by atoms with E-state index < -0.39 is 0 Å². The third-order valence-electron chi connectivity index (χ3n) is 3.79. The van der Waals surface area contributed by atoms with Crippen LogP contribution in [0.25, 0.3) is 0 Å². The molecule has 1 aliphatic rings. The molecule has 90 valence electrons. The van der Waals surface area contributed by atoms with Gasteiger partial charge in [-0.25, -0.2) is 0 Å². The molecule has 1 fully saturated rings. The van der Waals surface area contributed by atoms with Crippen molar-refractivity contribution < 1.29 is 9.47 Å². The molecule has 1 rings (SSSR count). The van der Waals surface area contributed by atoms with Crippen molar-refractivity contribution in [2.24, 2.45) is 11.8 Å². The van der Waals surface area contributed by atoms with E-state index in [1.54, 1.807) is 7.11 Å². The van der Waals surface area contributed by atoms with Gasteiger partial charge in [-0.2, -0.15) is 0 Å². The average molecular weight is 216 g/mol. The molecule has 0 aromatic heterocycles. The first-order chi connectivity index (χ1) is 7.24. The Bertz CT molecular complexity index is 169. The molecule has 0 amide bonds. The van der Waals surface area contributed by atoms with Crippen LogP contribution >= 0.6 is 0 Å². The normalized spacial score (nSPS) is 24.4. The predicted octanol–water partition coefficient (Wildman–Crippen LogP) is 1.06. The molecule has 1 saturated heterocycles. The fourth-order valence-electron chi connectivity index (χ4n) is 2.64. The van der Waals surface area contributed by atoms with E-state index in [0.29, 0.717) is 5.92 Å². The van der Waals surface area contributed by atoms with Crippen molar-refractivity contribution in [3.05, 3.63) is 0 Å². The minimum atomic E-state index is -0.160. The van der Waals surface area contributed by atoms with Gasteiger partial charge in [0.05, 0.1) is 18.2 Å². The first-order valence-corrected chi connectivity index (χ1v) is 5.83. The fourth-order valence-corrected chi connectivity index (χ4v) is 2.64. The van der Waals surface area contributed by atoms with Crippen molar-refractivity contribution in [1.82, 2.24) is 5.43 Å². The zero-order valence-corrected chi connectivity index (χ0v) is 10.1. The molecule has 0 aliphatic carbocycles. The van der Waals surface area contributed by atoms with Crippen molar-refractivity contribution in [1.29, 1.82) is 0 Å². The number of methoxy groups -OCH3 is 1. The SMILES string of the molecule is CCC(CC)(OC)C(NN)C1CCOC1. The van der Waals surface area contributed by atoms with Crippen molar-refractivity contribution >= 4 is 0 Å². The third-order valence-corrected chi connectivity index (χ3v) is 3.79. The highest BCUT2D eigenvalue weighted by Crippen LogP contribution is 2.31. The lowest BCUT2D eigenvalue weighted by molar-refractivity contribution is -0.0635. The number of hydrogen-bond donors (Lipinski definition) is 2. The van der Waals surface area contributed by atoms with Gasteiger partial charge in [0.25, 0.3) is 0 Å². The van der Waals surface area contributed by atoms with Gasteiger partial charge >= 0.3 is 0 Å². The molecule has 0 bridgehead atoms. The molecule has 4 nitrogen and oxygen atoms in total. The summed E-state index contributed by atoms with van der Waals surface area (Å²) in [5.41, 5.74) is 2.77. The van der Waals surface area contributed by atoms with Gasteiger partial charge in [0.15, 0.2) is 0 Å². The summed E-state index contributed by atoms with van der Waals surface area (Å²) < 4.78 is 11.1. The summed E-state index contributed by atoms with van der Waals surface area (Å²) in [5, 5.41) is 0. The second kappa shape index (κ2) is 5.80. The summed E-state index contributed by atoms with van der Waals surface area (Å²) >= 11 is 0. The summed E-state index contributed by atoms with van der Waals surface area (Å²) in [6.07, 6.45) is 3.00. The van der Waals surface area contributed by atoms with E-state index >= 15 is 0 Å². The van der Waals surface area contributed by atoms with Crippen LogP contribution in [0.3, 0.4) is 0 Å². The van der Waals surface area contributed by atoms with Crippen LogP contribution in [0, 0.1) is 5.92 Å². The Labute approximate surface area is 92.5 Å². The molecular weight excluding hydrogens is 192 g/mol. The Balaban J connectivity index is 2.76. The minimum absolute atomic E-state index is 0.160. The Morgan fingerprint density at radius 1 is 1.53 bits per heavy atom. The number of ether oxygens (including phenoxy) is 2. The van der Waals surface area contributed by atoms with Crippen LogP contribution in [0.5, 0.6) is 0 Å². The van der Waals surface area contributed by atoms with E-state index in [2.05, 4.69) is 19.3 Å². The predicted molar refractivity (Wildman–Crippen MR) is 60.4 cm³/mol. The molecule has 2 unspecified atom stereocenters. The Hall–Kier alpha value is -0.160. The van der Waals surface area contributed by atoms with E-state index in [0.717, 1.165) is 32.5 Å². The molecule has 3 N–H and O–H groups in total. The Morgan fingerprint density at radius 2 is 2.20 bits per heavy atom. The Kier molecular flexibility index (Phi) is 4.99. The summed E-state index contributed by atoms with van der Waals surface area (Å²) in [4.78, 5) is 0. The van der Waals surface area contributed by atoms with E-state index in [1.165, 1.54) is 0 Å². The van der Waals surface area contributed by atoms with Crippen LogP contribution in [0.15, 0.2) is 0 Å². The minimum Gasteiger partial charge on any atom is -0.381 e. The Morgan fingerprint density at radius 3 is 2.53 bits per heavy atom. The lowest BCUT2D eigenvalue weighted by atomic mass is 9.80. The summed E-state index contributed by atoms with van der Waals surface area (Å²) in [7, 11) is 1.77. The van der Waals surface area contributed by atoms with Crippen molar-refractivity contribution in [3.63, 3.8) is 0 Å². The quantitative estimate of drug-likeness (QED) is 0.515. The van der Waals surface area contributed by atoms with E-state index in [-0.39, 0.29) is 11.6 Å². The smallest absolute Gasteiger partial charge is 0.0842 e. The highest BCUT2D eigenvalue weighted by atomic mass is 16.5. The number of nitrogens with two attached hydrogens (primary N) is 1. The van der Waals surface area contributed by atoms with Crippen molar-refractivity contribution in [2.45, 2.75) is 44.8 Å². The van der Waals surface area contributed by atoms with Gasteiger partial charge < -0.3 is 9.47 Å².